The fourth-order valence-electron chi connectivity index (χ4n) is 1.88. The minimum absolute atomic E-state index is 0.350. The molecule has 0 fully saturated rings. The van der Waals surface area contributed by atoms with Gasteiger partial charge in [0.25, 0.3) is 0 Å². The Hall–Kier alpha value is -1.39. The molecule has 2 N–H and O–H groups in total. The standard InChI is InChI=1S/C16H17F2NS/c1-10-3-5-13(7-11(10)2)20-9-16(19)14-6-4-12(17)8-15(14)18/h3-8,16H,9,19H2,1-2H3. The van der Waals surface area contributed by atoms with Crippen LogP contribution in [-0.4, -0.2) is 5.75 Å². The molecule has 1 unspecified atom stereocenters. The molecule has 4 heteroatoms. The number of hydrogen-bond acceptors (Lipinski definition) is 2. The van der Waals surface area contributed by atoms with Gasteiger partial charge in [-0.15, -0.1) is 11.8 Å². The van der Waals surface area contributed by atoms with Gasteiger partial charge in [0.1, 0.15) is 11.6 Å². The summed E-state index contributed by atoms with van der Waals surface area (Å²) in [5.41, 5.74) is 8.79. The lowest BCUT2D eigenvalue weighted by Gasteiger charge is -2.13. The molecule has 0 saturated heterocycles. The maximum Gasteiger partial charge on any atom is 0.130 e. The predicted octanol–water partition coefficient (Wildman–Crippen LogP) is 4.37. The zero-order valence-corrected chi connectivity index (χ0v) is 12.3. The topological polar surface area (TPSA) is 26.0 Å². The van der Waals surface area contributed by atoms with Gasteiger partial charge >= 0.3 is 0 Å². The van der Waals surface area contributed by atoms with Gasteiger partial charge in [0.05, 0.1) is 0 Å². The summed E-state index contributed by atoms with van der Waals surface area (Å²) < 4.78 is 26.5. The molecular weight excluding hydrogens is 276 g/mol. The van der Waals surface area contributed by atoms with Crippen LogP contribution in [0.25, 0.3) is 0 Å². The summed E-state index contributed by atoms with van der Waals surface area (Å²) in [4.78, 5) is 1.10. The molecule has 0 heterocycles. The quantitative estimate of drug-likeness (QED) is 0.847. The maximum absolute atomic E-state index is 13.6. The van der Waals surface area contributed by atoms with Crippen molar-refractivity contribution in [1.29, 1.82) is 0 Å². The summed E-state index contributed by atoms with van der Waals surface area (Å²) in [5, 5.41) is 0. The van der Waals surface area contributed by atoms with E-state index in [0.29, 0.717) is 11.3 Å². The van der Waals surface area contributed by atoms with Crippen LogP contribution < -0.4 is 5.73 Å². The Morgan fingerprint density at radius 1 is 1.05 bits per heavy atom. The zero-order chi connectivity index (χ0) is 14.7. The molecule has 1 nitrogen and oxygen atoms in total. The number of hydrogen-bond donors (Lipinski definition) is 1. The van der Waals surface area contributed by atoms with Crippen LogP contribution in [0.2, 0.25) is 0 Å². The van der Waals surface area contributed by atoms with Gasteiger partial charge in [-0.05, 0) is 43.2 Å². The highest BCUT2D eigenvalue weighted by Crippen LogP contribution is 2.26. The number of halogens is 2. The van der Waals surface area contributed by atoms with E-state index in [1.165, 1.54) is 23.3 Å². The van der Waals surface area contributed by atoms with E-state index in [9.17, 15) is 8.78 Å². The molecule has 2 rings (SSSR count). The Morgan fingerprint density at radius 2 is 1.80 bits per heavy atom. The summed E-state index contributed by atoms with van der Waals surface area (Å²) in [7, 11) is 0. The molecule has 0 aliphatic heterocycles. The molecule has 0 radical (unpaired) electrons. The van der Waals surface area contributed by atoms with Crippen LogP contribution in [0.15, 0.2) is 41.3 Å². The minimum Gasteiger partial charge on any atom is -0.323 e. The van der Waals surface area contributed by atoms with E-state index in [2.05, 4.69) is 26.0 Å². The highest BCUT2D eigenvalue weighted by Gasteiger charge is 2.12. The summed E-state index contributed by atoms with van der Waals surface area (Å²) >= 11 is 1.57. The first kappa shape index (κ1) is 15.0. The van der Waals surface area contributed by atoms with Crippen molar-refractivity contribution < 1.29 is 8.78 Å². The molecule has 2 aromatic rings. The molecule has 0 spiro atoms. The van der Waals surface area contributed by atoms with E-state index in [4.69, 9.17) is 5.73 Å². The number of nitrogens with two attached hydrogens (primary N) is 1. The molecule has 20 heavy (non-hydrogen) atoms. The van der Waals surface area contributed by atoms with Crippen LogP contribution in [0.1, 0.15) is 22.7 Å². The Morgan fingerprint density at radius 3 is 2.45 bits per heavy atom. The van der Waals surface area contributed by atoms with Crippen molar-refractivity contribution >= 4 is 11.8 Å². The minimum atomic E-state index is -0.585. The van der Waals surface area contributed by atoms with Gasteiger partial charge in [-0.1, -0.05) is 12.1 Å². The smallest absolute Gasteiger partial charge is 0.130 e. The number of thioether (sulfide) groups is 1. The van der Waals surface area contributed by atoms with Crippen LogP contribution in [0.5, 0.6) is 0 Å². The van der Waals surface area contributed by atoms with Crippen molar-refractivity contribution in [2.45, 2.75) is 24.8 Å². The van der Waals surface area contributed by atoms with E-state index in [1.54, 1.807) is 11.8 Å². The molecule has 2 aromatic carbocycles. The monoisotopic (exact) mass is 293 g/mol. The molecule has 0 saturated carbocycles. The average molecular weight is 293 g/mol. The van der Waals surface area contributed by atoms with Crippen LogP contribution in [0.3, 0.4) is 0 Å². The first-order valence-electron chi connectivity index (χ1n) is 6.38. The second-order valence-electron chi connectivity index (χ2n) is 4.83. The van der Waals surface area contributed by atoms with Crippen molar-refractivity contribution in [3.8, 4) is 0 Å². The van der Waals surface area contributed by atoms with E-state index in [-0.39, 0.29) is 0 Å². The number of rotatable bonds is 4. The molecule has 0 aromatic heterocycles. The van der Waals surface area contributed by atoms with E-state index < -0.39 is 17.7 Å². The van der Waals surface area contributed by atoms with Gasteiger partial charge in [0.2, 0.25) is 0 Å². The molecule has 0 bridgehead atoms. The van der Waals surface area contributed by atoms with Gasteiger partial charge in [-0.2, -0.15) is 0 Å². The van der Waals surface area contributed by atoms with Crippen LogP contribution in [0.4, 0.5) is 8.78 Å². The molecule has 0 aliphatic carbocycles. The number of benzene rings is 2. The first-order valence-corrected chi connectivity index (χ1v) is 7.36. The van der Waals surface area contributed by atoms with Crippen molar-refractivity contribution in [3.63, 3.8) is 0 Å². The second-order valence-corrected chi connectivity index (χ2v) is 5.92. The van der Waals surface area contributed by atoms with E-state index in [1.807, 2.05) is 6.07 Å². The van der Waals surface area contributed by atoms with Crippen molar-refractivity contribution in [2.75, 3.05) is 5.75 Å². The fraction of sp³-hybridized carbons (Fsp3) is 0.250. The Bertz CT molecular complexity index is 613. The third-order valence-corrected chi connectivity index (χ3v) is 4.38. The molecule has 106 valence electrons. The zero-order valence-electron chi connectivity index (χ0n) is 11.5. The van der Waals surface area contributed by atoms with Crippen molar-refractivity contribution in [2.24, 2.45) is 5.73 Å². The average Bonchev–Trinajstić information content (AvgIpc) is 2.40. The van der Waals surface area contributed by atoms with E-state index in [0.717, 1.165) is 11.0 Å². The normalized spacial score (nSPS) is 12.4. The summed E-state index contributed by atoms with van der Waals surface area (Å²) in [6, 6.07) is 9.24. The fourth-order valence-corrected chi connectivity index (χ4v) is 2.86. The van der Waals surface area contributed by atoms with Gasteiger partial charge in [0, 0.05) is 28.3 Å². The van der Waals surface area contributed by atoms with Gasteiger partial charge in [0.15, 0.2) is 0 Å². The SMILES string of the molecule is Cc1ccc(SCC(N)c2ccc(F)cc2F)cc1C. The molecule has 0 aliphatic rings. The lowest BCUT2D eigenvalue weighted by atomic mass is 10.1. The summed E-state index contributed by atoms with van der Waals surface area (Å²) in [6.07, 6.45) is 0. The Kier molecular flexibility index (Phi) is 4.78. The summed E-state index contributed by atoms with van der Waals surface area (Å²) in [6.45, 7) is 4.11. The van der Waals surface area contributed by atoms with Gasteiger partial charge in [-0.3, -0.25) is 0 Å². The Labute approximate surface area is 122 Å². The Balaban J connectivity index is 2.04. The maximum atomic E-state index is 13.6. The third kappa shape index (κ3) is 3.58. The second kappa shape index (κ2) is 6.37. The van der Waals surface area contributed by atoms with Crippen molar-refractivity contribution in [1.82, 2.24) is 0 Å². The lowest BCUT2D eigenvalue weighted by Crippen LogP contribution is -2.14. The highest BCUT2D eigenvalue weighted by molar-refractivity contribution is 7.99. The molecule has 0 amide bonds. The van der Waals surface area contributed by atoms with Crippen molar-refractivity contribution in [3.05, 3.63) is 64.7 Å². The largest absolute Gasteiger partial charge is 0.323 e. The highest BCUT2D eigenvalue weighted by atomic mass is 32.2. The molecular formula is C16H17F2NS. The van der Waals surface area contributed by atoms with Gasteiger partial charge in [-0.25, -0.2) is 8.78 Å². The van der Waals surface area contributed by atoms with Gasteiger partial charge < -0.3 is 5.73 Å². The van der Waals surface area contributed by atoms with Crippen LogP contribution >= 0.6 is 11.8 Å². The predicted molar refractivity (Wildman–Crippen MR) is 79.9 cm³/mol. The van der Waals surface area contributed by atoms with E-state index >= 15 is 0 Å². The number of aryl methyl sites for hydroxylation is 2. The van der Waals surface area contributed by atoms with Crippen LogP contribution in [0, 0.1) is 25.5 Å². The lowest BCUT2D eigenvalue weighted by molar-refractivity contribution is 0.563. The molecule has 1 atom stereocenters. The van der Waals surface area contributed by atoms with Crippen LogP contribution in [-0.2, 0) is 0 Å². The first-order chi connectivity index (χ1) is 9.47. The third-order valence-electron chi connectivity index (χ3n) is 3.27. The summed E-state index contributed by atoms with van der Waals surface area (Å²) in [5.74, 6) is -0.621.